The predicted octanol–water partition coefficient (Wildman–Crippen LogP) is 3.74. The molecular weight excluding hydrogens is 610 g/mol. The van der Waals surface area contributed by atoms with Gasteiger partial charge in [-0.2, -0.15) is 10.2 Å². The minimum atomic E-state index is -1.10. The number of benzene rings is 2. The van der Waals surface area contributed by atoms with Crippen LogP contribution < -0.4 is 21.7 Å². The Morgan fingerprint density at radius 2 is 1.47 bits per heavy atom. The molecule has 252 valence electrons. The average molecular weight is 652 g/mol. The molecule has 1 aliphatic rings. The van der Waals surface area contributed by atoms with Crippen LogP contribution in [0.5, 0.6) is 0 Å². The van der Waals surface area contributed by atoms with Gasteiger partial charge in [0.1, 0.15) is 11.6 Å². The number of carbonyl (C=O) groups is 6. The van der Waals surface area contributed by atoms with E-state index in [2.05, 4.69) is 26.2 Å². The molecule has 47 heavy (non-hydrogen) atoms. The molecule has 1 aliphatic heterocycles. The van der Waals surface area contributed by atoms with E-state index in [9.17, 15) is 28.8 Å². The first-order valence-electron chi connectivity index (χ1n) is 15.2. The van der Waals surface area contributed by atoms with Gasteiger partial charge in [0.25, 0.3) is 0 Å². The zero-order valence-electron chi connectivity index (χ0n) is 26.9. The molecule has 0 aliphatic carbocycles. The summed E-state index contributed by atoms with van der Waals surface area (Å²) in [6.07, 6.45) is -0.356. The number of esters is 1. The Hall–Kier alpha value is -5.34. The van der Waals surface area contributed by atoms with Gasteiger partial charge in [0.15, 0.2) is 0 Å². The third-order valence-corrected chi connectivity index (χ3v) is 6.73. The molecule has 1 unspecified atom stereocenters. The number of rotatable bonds is 13. The number of amides is 5. The summed E-state index contributed by atoms with van der Waals surface area (Å²) in [6, 6.07) is 12.4. The Morgan fingerprint density at radius 1 is 0.894 bits per heavy atom. The minimum Gasteiger partial charge on any atom is -0.464 e. The molecule has 0 radical (unpaired) electrons. The number of imide groups is 1. The number of azo groups is 1. The molecule has 0 saturated carbocycles. The summed E-state index contributed by atoms with van der Waals surface area (Å²) in [5.41, 5.74) is 7.11. The van der Waals surface area contributed by atoms with Crippen LogP contribution in [0.25, 0.3) is 0 Å². The van der Waals surface area contributed by atoms with Crippen molar-refractivity contribution in [3.8, 4) is 0 Å². The number of nitrogens with zero attached hydrogens (tertiary/aromatic N) is 3. The molecule has 0 bridgehead atoms. The number of nitrogen functional groups attached to an aromatic ring is 1. The van der Waals surface area contributed by atoms with Gasteiger partial charge in [0.05, 0.1) is 31.1 Å². The average Bonchev–Trinajstić information content (AvgIpc) is 3.34. The lowest BCUT2D eigenvalue weighted by Gasteiger charge is -2.26. The van der Waals surface area contributed by atoms with Gasteiger partial charge < -0.3 is 31.2 Å². The van der Waals surface area contributed by atoms with Crippen molar-refractivity contribution >= 4 is 58.4 Å². The van der Waals surface area contributed by atoms with Gasteiger partial charge in [-0.05, 0) is 95.5 Å². The highest BCUT2D eigenvalue weighted by molar-refractivity contribution is 6.00. The van der Waals surface area contributed by atoms with Gasteiger partial charge in [-0.3, -0.25) is 19.2 Å². The van der Waals surface area contributed by atoms with E-state index in [0.29, 0.717) is 22.7 Å². The van der Waals surface area contributed by atoms with E-state index in [1.54, 1.807) is 76.2 Å². The number of ether oxygens (including phenoxy) is 2. The van der Waals surface area contributed by atoms with Crippen molar-refractivity contribution in [1.82, 2.24) is 15.5 Å². The molecule has 0 spiro atoms. The number of likely N-dealkylation sites (tertiary alicyclic amines) is 1. The molecule has 3 rings (SSSR count). The molecule has 1 fully saturated rings. The first-order chi connectivity index (χ1) is 22.3. The maximum absolute atomic E-state index is 13.0. The molecule has 15 heteroatoms. The highest BCUT2D eigenvalue weighted by atomic mass is 16.6. The van der Waals surface area contributed by atoms with Gasteiger partial charge in [-0.15, -0.1) is 0 Å². The molecule has 2 aromatic rings. The van der Waals surface area contributed by atoms with E-state index in [1.165, 1.54) is 0 Å². The fourth-order valence-electron chi connectivity index (χ4n) is 4.53. The third-order valence-electron chi connectivity index (χ3n) is 6.73. The SMILES string of the molecule is CCOC(=O)[C@@H]1CC(CCCC(=O)NCC(=O)NCC(=O)Nc2ccc(/N=N/c3ccc(N)cc3)cc2)C(=O)N1C(=O)OC(C)(C)C. The quantitative estimate of drug-likeness (QED) is 0.141. The Bertz CT molecular complexity index is 1470. The number of hydrogen-bond acceptors (Lipinski definition) is 11. The van der Waals surface area contributed by atoms with Gasteiger partial charge in [-0.25, -0.2) is 14.5 Å². The van der Waals surface area contributed by atoms with Gasteiger partial charge >= 0.3 is 12.1 Å². The molecule has 1 heterocycles. The topological polar surface area (TPSA) is 211 Å². The summed E-state index contributed by atoms with van der Waals surface area (Å²) in [7, 11) is 0. The van der Waals surface area contributed by atoms with Crippen LogP contribution in [0.15, 0.2) is 58.8 Å². The fraction of sp³-hybridized carbons (Fsp3) is 0.438. The van der Waals surface area contributed by atoms with Crippen molar-refractivity contribution in [2.24, 2.45) is 16.1 Å². The lowest BCUT2D eigenvalue weighted by atomic mass is 9.98. The molecule has 5 N–H and O–H groups in total. The summed E-state index contributed by atoms with van der Waals surface area (Å²) in [5, 5.41) is 15.8. The molecule has 1 saturated heterocycles. The lowest BCUT2D eigenvalue weighted by molar-refractivity contribution is -0.151. The number of anilines is 2. The molecule has 15 nitrogen and oxygen atoms in total. The number of nitrogens with one attached hydrogen (secondary N) is 3. The Kier molecular flexibility index (Phi) is 12.9. The second kappa shape index (κ2) is 16.8. The van der Waals surface area contributed by atoms with Gasteiger partial charge in [-0.1, -0.05) is 0 Å². The summed E-state index contributed by atoms with van der Waals surface area (Å²) in [5.74, 6) is -3.41. The molecule has 2 aromatic carbocycles. The van der Waals surface area contributed by atoms with Crippen molar-refractivity contribution in [3.63, 3.8) is 0 Å². The van der Waals surface area contributed by atoms with Crippen molar-refractivity contribution in [2.75, 3.05) is 30.7 Å². The smallest absolute Gasteiger partial charge is 0.417 e. The largest absolute Gasteiger partial charge is 0.464 e. The second-order valence-corrected chi connectivity index (χ2v) is 11.7. The summed E-state index contributed by atoms with van der Waals surface area (Å²) in [4.78, 5) is 75.7. The van der Waals surface area contributed by atoms with Crippen LogP contribution in [0.2, 0.25) is 0 Å². The van der Waals surface area contributed by atoms with Crippen LogP contribution in [0.1, 0.15) is 53.4 Å². The minimum absolute atomic E-state index is 0.00357. The Labute approximate surface area is 272 Å². The molecule has 0 aromatic heterocycles. The van der Waals surface area contributed by atoms with Gasteiger partial charge in [0.2, 0.25) is 23.6 Å². The molecular formula is C32H41N7O8. The van der Waals surface area contributed by atoms with Crippen LogP contribution in [-0.2, 0) is 33.4 Å². The van der Waals surface area contributed by atoms with E-state index < -0.39 is 53.3 Å². The van der Waals surface area contributed by atoms with E-state index >= 15 is 0 Å². The number of nitrogens with two attached hydrogens (primary N) is 1. The zero-order chi connectivity index (χ0) is 34.6. The van der Waals surface area contributed by atoms with Crippen LogP contribution in [0.3, 0.4) is 0 Å². The highest BCUT2D eigenvalue weighted by Crippen LogP contribution is 2.31. The zero-order valence-corrected chi connectivity index (χ0v) is 26.9. The van der Waals surface area contributed by atoms with Crippen molar-refractivity contribution in [3.05, 3.63) is 48.5 Å². The van der Waals surface area contributed by atoms with E-state index in [4.69, 9.17) is 15.2 Å². The lowest BCUT2D eigenvalue weighted by Crippen LogP contribution is -2.46. The van der Waals surface area contributed by atoms with Crippen molar-refractivity contribution < 1.29 is 38.2 Å². The van der Waals surface area contributed by atoms with E-state index in [0.717, 1.165) is 4.90 Å². The summed E-state index contributed by atoms with van der Waals surface area (Å²) in [6.45, 7) is 6.00. The van der Waals surface area contributed by atoms with Crippen molar-refractivity contribution in [1.29, 1.82) is 0 Å². The van der Waals surface area contributed by atoms with Crippen molar-refractivity contribution in [2.45, 2.75) is 65.0 Å². The fourth-order valence-corrected chi connectivity index (χ4v) is 4.53. The standard InChI is InChI=1S/C32H41N7O8/c1-5-46-30(44)25-17-20(29(43)39(25)31(45)47-32(2,3)4)7-6-8-26(40)34-18-27(41)35-19-28(42)36-22-13-15-24(16-14-22)38-37-23-11-9-21(33)10-12-23/h9-16,20,25H,5-8,17-19,33H2,1-4H3,(H,34,40)(H,35,41)(H,36,42)/b38-37+/t20?,25-/m0/s1. The normalized spacial score (nSPS) is 16.1. The van der Waals surface area contributed by atoms with E-state index in [-0.39, 0.29) is 45.4 Å². The monoisotopic (exact) mass is 651 g/mol. The number of hydrogen-bond donors (Lipinski definition) is 4. The first-order valence-corrected chi connectivity index (χ1v) is 15.2. The Morgan fingerprint density at radius 3 is 2.06 bits per heavy atom. The highest BCUT2D eigenvalue weighted by Gasteiger charge is 2.48. The molecule has 5 amide bonds. The van der Waals surface area contributed by atoms with Crippen LogP contribution in [0.4, 0.5) is 27.5 Å². The second-order valence-electron chi connectivity index (χ2n) is 11.7. The van der Waals surface area contributed by atoms with Gasteiger partial charge in [0, 0.05) is 23.7 Å². The molecule has 2 atom stereocenters. The first kappa shape index (κ1) is 36.1. The number of carbonyl (C=O) groups excluding carboxylic acids is 6. The van der Waals surface area contributed by atoms with E-state index in [1.807, 2.05) is 0 Å². The predicted molar refractivity (Wildman–Crippen MR) is 172 cm³/mol. The third kappa shape index (κ3) is 11.8. The van der Waals surface area contributed by atoms with Crippen LogP contribution in [0, 0.1) is 5.92 Å². The van der Waals surface area contributed by atoms with Crippen LogP contribution in [-0.4, -0.2) is 71.9 Å². The maximum atomic E-state index is 13.0. The Balaban J connectivity index is 1.36. The summed E-state index contributed by atoms with van der Waals surface area (Å²) >= 11 is 0. The van der Waals surface area contributed by atoms with Crippen LogP contribution >= 0.6 is 0 Å². The summed E-state index contributed by atoms with van der Waals surface area (Å²) < 4.78 is 10.4. The maximum Gasteiger partial charge on any atom is 0.417 e.